The number of Topliss-reactive ketones (excluding diaryl/α,β-unsaturated/α-hetero) is 1. The Balaban J connectivity index is 2.29. The predicted octanol–water partition coefficient (Wildman–Crippen LogP) is 2.62. The van der Waals surface area contributed by atoms with Crippen molar-refractivity contribution in [3.05, 3.63) is 22.4 Å². The molecule has 1 rings (SSSR count). The van der Waals surface area contributed by atoms with E-state index in [0.717, 1.165) is 0 Å². The van der Waals surface area contributed by atoms with Crippen LogP contribution < -0.4 is 5.32 Å². The third kappa shape index (κ3) is 6.30. The molecule has 0 spiro atoms. The van der Waals surface area contributed by atoms with E-state index in [9.17, 15) is 14.7 Å². The van der Waals surface area contributed by atoms with E-state index >= 15 is 0 Å². The van der Waals surface area contributed by atoms with Crippen LogP contribution in [0.5, 0.6) is 0 Å². The Labute approximate surface area is 124 Å². The summed E-state index contributed by atoms with van der Waals surface area (Å²) in [5, 5.41) is 14.1. The van der Waals surface area contributed by atoms with Crippen molar-refractivity contribution in [3.63, 3.8) is 0 Å². The van der Waals surface area contributed by atoms with E-state index in [2.05, 4.69) is 5.32 Å². The summed E-state index contributed by atoms with van der Waals surface area (Å²) in [5.74, 6) is -0.105. The average molecular weight is 297 g/mol. The van der Waals surface area contributed by atoms with Crippen LogP contribution in [-0.4, -0.2) is 29.4 Å². The molecule has 0 radical (unpaired) electrons. The van der Waals surface area contributed by atoms with Gasteiger partial charge in [-0.05, 0) is 30.2 Å². The second kappa shape index (κ2) is 7.55. The maximum absolute atomic E-state index is 11.8. The fraction of sp³-hybridized carbons (Fsp3) is 0.600. The van der Waals surface area contributed by atoms with Crippen LogP contribution in [0.4, 0.5) is 0 Å². The lowest BCUT2D eigenvalue weighted by atomic mass is 9.87. The molecule has 0 saturated carbocycles. The van der Waals surface area contributed by atoms with Gasteiger partial charge in [-0.2, -0.15) is 0 Å². The number of ketones is 1. The van der Waals surface area contributed by atoms with Crippen LogP contribution in [0.1, 0.15) is 49.7 Å². The Morgan fingerprint density at radius 3 is 2.65 bits per heavy atom. The van der Waals surface area contributed by atoms with E-state index in [1.54, 1.807) is 13.0 Å². The summed E-state index contributed by atoms with van der Waals surface area (Å²) in [5.41, 5.74) is -0.151. The highest BCUT2D eigenvalue weighted by Crippen LogP contribution is 2.21. The summed E-state index contributed by atoms with van der Waals surface area (Å²) in [7, 11) is 0. The Morgan fingerprint density at radius 2 is 2.10 bits per heavy atom. The van der Waals surface area contributed by atoms with Crippen molar-refractivity contribution in [3.8, 4) is 0 Å². The molecule has 1 atom stereocenters. The first-order valence-corrected chi connectivity index (χ1v) is 7.69. The van der Waals surface area contributed by atoms with Gasteiger partial charge in [-0.1, -0.05) is 19.9 Å². The van der Waals surface area contributed by atoms with Crippen molar-refractivity contribution >= 4 is 23.0 Å². The second-order valence-electron chi connectivity index (χ2n) is 5.89. The van der Waals surface area contributed by atoms with E-state index < -0.39 is 0 Å². The number of hydrogen-bond donors (Lipinski definition) is 2. The molecule has 0 fully saturated rings. The van der Waals surface area contributed by atoms with Crippen LogP contribution in [0.3, 0.4) is 0 Å². The lowest BCUT2D eigenvalue weighted by Crippen LogP contribution is -2.35. The van der Waals surface area contributed by atoms with Crippen LogP contribution in [0, 0.1) is 5.41 Å². The Bertz CT molecular complexity index is 438. The van der Waals surface area contributed by atoms with Gasteiger partial charge < -0.3 is 10.4 Å². The van der Waals surface area contributed by atoms with Gasteiger partial charge in [0.25, 0.3) is 0 Å². The van der Waals surface area contributed by atoms with Crippen molar-refractivity contribution < 1.29 is 14.7 Å². The van der Waals surface area contributed by atoms with Gasteiger partial charge in [-0.25, -0.2) is 0 Å². The molecule has 0 aromatic carbocycles. The number of aliphatic hydroxyl groups is 1. The highest BCUT2D eigenvalue weighted by molar-refractivity contribution is 7.12. The molecular formula is C15H23NO3S. The third-order valence-electron chi connectivity index (χ3n) is 2.99. The second-order valence-corrected chi connectivity index (χ2v) is 6.84. The number of amides is 1. The maximum Gasteiger partial charge on any atom is 0.220 e. The van der Waals surface area contributed by atoms with Crippen LogP contribution in [0.15, 0.2) is 17.5 Å². The molecule has 5 heteroatoms. The van der Waals surface area contributed by atoms with Gasteiger partial charge in [0.1, 0.15) is 0 Å². The van der Waals surface area contributed by atoms with E-state index in [4.69, 9.17) is 0 Å². The van der Waals surface area contributed by atoms with Gasteiger partial charge in [0, 0.05) is 19.4 Å². The van der Waals surface area contributed by atoms with Crippen LogP contribution in [0.25, 0.3) is 0 Å². The normalized spacial score (nSPS) is 13.0. The summed E-state index contributed by atoms with van der Waals surface area (Å²) in [6, 6.07) is 3.60. The molecular weight excluding hydrogens is 274 g/mol. The molecule has 4 nitrogen and oxygen atoms in total. The summed E-state index contributed by atoms with van der Waals surface area (Å²) in [4.78, 5) is 24.2. The zero-order chi connectivity index (χ0) is 15.2. The van der Waals surface area contributed by atoms with Gasteiger partial charge >= 0.3 is 0 Å². The molecule has 1 amide bonds. The SMILES string of the molecule is CC(O)CC(C)(C)CNC(=O)CCC(=O)c1cccs1. The van der Waals surface area contributed by atoms with E-state index in [0.29, 0.717) is 17.8 Å². The van der Waals surface area contributed by atoms with E-state index in [1.807, 2.05) is 25.3 Å². The van der Waals surface area contributed by atoms with Crippen LogP contribution in [-0.2, 0) is 4.79 Å². The van der Waals surface area contributed by atoms with Crippen molar-refractivity contribution in [1.29, 1.82) is 0 Å². The maximum atomic E-state index is 11.8. The zero-order valence-electron chi connectivity index (χ0n) is 12.3. The summed E-state index contributed by atoms with van der Waals surface area (Å²) in [6.07, 6.45) is 0.689. The molecule has 1 unspecified atom stereocenters. The number of thiophene rings is 1. The van der Waals surface area contributed by atoms with Gasteiger partial charge in [-0.15, -0.1) is 11.3 Å². The molecule has 112 valence electrons. The highest BCUT2D eigenvalue weighted by atomic mass is 32.1. The van der Waals surface area contributed by atoms with Gasteiger partial charge in [0.2, 0.25) is 5.91 Å². The monoisotopic (exact) mass is 297 g/mol. The Kier molecular flexibility index (Phi) is 6.36. The topological polar surface area (TPSA) is 66.4 Å². The molecule has 2 N–H and O–H groups in total. The predicted molar refractivity (Wildman–Crippen MR) is 81.0 cm³/mol. The molecule has 0 saturated heterocycles. The molecule has 0 aliphatic heterocycles. The minimum Gasteiger partial charge on any atom is -0.393 e. The average Bonchev–Trinajstić information content (AvgIpc) is 2.85. The first kappa shape index (κ1) is 16.9. The van der Waals surface area contributed by atoms with Gasteiger partial charge in [0.15, 0.2) is 5.78 Å². The number of hydrogen-bond acceptors (Lipinski definition) is 4. The molecule has 20 heavy (non-hydrogen) atoms. The highest BCUT2D eigenvalue weighted by Gasteiger charge is 2.21. The van der Waals surface area contributed by atoms with Gasteiger partial charge in [0.05, 0.1) is 11.0 Å². The Hall–Kier alpha value is -1.20. The minimum absolute atomic E-state index is 0.0124. The largest absolute Gasteiger partial charge is 0.393 e. The minimum atomic E-state index is -0.387. The molecule has 1 aromatic heterocycles. The first-order chi connectivity index (χ1) is 9.30. The van der Waals surface area contributed by atoms with E-state index in [1.165, 1.54) is 11.3 Å². The summed E-state index contributed by atoms with van der Waals surface area (Å²) >= 11 is 1.40. The van der Waals surface area contributed by atoms with Crippen molar-refractivity contribution in [2.24, 2.45) is 5.41 Å². The number of aliphatic hydroxyl groups excluding tert-OH is 1. The van der Waals surface area contributed by atoms with Crippen LogP contribution >= 0.6 is 11.3 Å². The van der Waals surface area contributed by atoms with Crippen molar-refractivity contribution in [2.45, 2.75) is 46.1 Å². The zero-order valence-corrected chi connectivity index (χ0v) is 13.1. The molecule has 0 bridgehead atoms. The molecule has 0 aliphatic rings. The quantitative estimate of drug-likeness (QED) is 0.725. The fourth-order valence-corrected chi connectivity index (χ4v) is 2.78. The lowest BCUT2D eigenvalue weighted by molar-refractivity contribution is -0.121. The number of carbonyl (C=O) groups excluding carboxylic acids is 2. The van der Waals surface area contributed by atoms with E-state index in [-0.39, 0.29) is 36.1 Å². The fourth-order valence-electron chi connectivity index (χ4n) is 2.09. The standard InChI is InChI=1S/C15H23NO3S/c1-11(17)9-15(2,3)10-16-14(19)7-6-12(18)13-5-4-8-20-13/h4-5,8,11,17H,6-7,9-10H2,1-3H3,(H,16,19). The molecule has 1 heterocycles. The third-order valence-corrected chi connectivity index (χ3v) is 3.90. The number of carbonyl (C=O) groups is 2. The molecule has 0 aliphatic carbocycles. The molecule has 1 aromatic rings. The summed E-state index contributed by atoms with van der Waals surface area (Å²) in [6.45, 7) is 6.24. The number of rotatable bonds is 8. The summed E-state index contributed by atoms with van der Waals surface area (Å²) < 4.78 is 0. The lowest BCUT2D eigenvalue weighted by Gasteiger charge is -2.26. The number of nitrogens with one attached hydrogen (secondary N) is 1. The van der Waals surface area contributed by atoms with Crippen molar-refractivity contribution in [2.75, 3.05) is 6.54 Å². The smallest absolute Gasteiger partial charge is 0.220 e. The van der Waals surface area contributed by atoms with Gasteiger partial charge in [-0.3, -0.25) is 9.59 Å². The van der Waals surface area contributed by atoms with Crippen LogP contribution in [0.2, 0.25) is 0 Å². The first-order valence-electron chi connectivity index (χ1n) is 6.81. The van der Waals surface area contributed by atoms with Crippen molar-refractivity contribution in [1.82, 2.24) is 5.32 Å². The Morgan fingerprint density at radius 1 is 1.40 bits per heavy atom.